The average molecular weight is 1120 g/mol. The van der Waals surface area contributed by atoms with Gasteiger partial charge in [-0.3, -0.25) is 29.2 Å². The number of carbonyl (C=O) groups is 5. The molecular formula is C63H83F2N9O7. The molecule has 6 aliphatic rings. The zero-order valence-electron chi connectivity index (χ0n) is 49.1. The van der Waals surface area contributed by atoms with Gasteiger partial charge in [0.2, 0.25) is 11.8 Å². The summed E-state index contributed by atoms with van der Waals surface area (Å²) in [5.74, 6) is -1.89. The van der Waals surface area contributed by atoms with Crippen LogP contribution in [0.3, 0.4) is 0 Å². The van der Waals surface area contributed by atoms with Gasteiger partial charge in [0.05, 0.1) is 30.0 Å². The fourth-order valence-electron chi connectivity index (χ4n) is 14.1. The number of piperidine rings is 1. The first-order valence-electron chi connectivity index (χ1n) is 29.4. The minimum atomic E-state index is -2.85. The number of nitrogens with zero attached hydrogens (tertiary/aromatic N) is 8. The van der Waals surface area contributed by atoms with Crippen LogP contribution < -0.4 is 5.32 Å². The highest BCUT2D eigenvalue weighted by Gasteiger charge is 2.67. The molecule has 0 radical (unpaired) electrons. The summed E-state index contributed by atoms with van der Waals surface area (Å²) in [6.45, 7) is 15.9. The molecule has 436 valence electrons. The Labute approximate surface area is 476 Å². The Morgan fingerprint density at radius 1 is 0.963 bits per heavy atom. The summed E-state index contributed by atoms with van der Waals surface area (Å²) in [6.07, 6.45) is 6.63. The molecule has 10 rings (SSSR count). The van der Waals surface area contributed by atoms with Crippen LogP contribution in [-0.4, -0.2) is 167 Å². The van der Waals surface area contributed by atoms with E-state index in [4.69, 9.17) is 14.5 Å². The molecule has 5 amide bonds. The van der Waals surface area contributed by atoms with Crippen molar-refractivity contribution >= 4 is 40.6 Å². The van der Waals surface area contributed by atoms with E-state index >= 15 is 18.4 Å². The number of benzene rings is 2. The van der Waals surface area contributed by atoms with Gasteiger partial charge in [-0.1, -0.05) is 52.0 Å². The van der Waals surface area contributed by atoms with Crippen LogP contribution in [0.5, 0.6) is 0 Å². The fourth-order valence-corrected chi connectivity index (χ4v) is 14.1. The number of halogens is 2. The van der Waals surface area contributed by atoms with Gasteiger partial charge in [0.1, 0.15) is 12.1 Å². The lowest BCUT2D eigenvalue weighted by atomic mass is 9.78. The molecule has 3 unspecified atom stereocenters. The molecule has 2 aromatic carbocycles. The third-order valence-corrected chi connectivity index (χ3v) is 18.4. The number of aryl methyl sites for hydroxylation is 1. The number of urea groups is 1. The fraction of sp³-hybridized carbons (Fsp3) is 0.587. The maximum absolute atomic E-state index is 15.6. The van der Waals surface area contributed by atoms with Gasteiger partial charge in [0.15, 0.2) is 0 Å². The summed E-state index contributed by atoms with van der Waals surface area (Å²) in [4.78, 5) is 84.8. The minimum absolute atomic E-state index is 0.00000716. The Hall–Kier alpha value is -6.24. The second-order valence-electron chi connectivity index (χ2n) is 25.4. The molecule has 7 heterocycles. The number of likely N-dealkylation sites (N-methyl/N-ethyl adjacent to an activating group) is 2. The van der Waals surface area contributed by atoms with E-state index in [2.05, 4.69) is 42.8 Å². The van der Waals surface area contributed by atoms with Crippen molar-refractivity contribution in [3.8, 4) is 22.4 Å². The summed E-state index contributed by atoms with van der Waals surface area (Å²) < 4.78 is 45.1. The van der Waals surface area contributed by atoms with Crippen LogP contribution in [0.25, 0.3) is 33.3 Å². The van der Waals surface area contributed by atoms with Crippen molar-refractivity contribution in [2.45, 2.75) is 136 Å². The number of esters is 1. The smallest absolute Gasteiger partial charge is 0.320 e. The number of ether oxygens (including phenoxy) is 2. The molecule has 1 saturated carbocycles. The SMILES string of the molecule is CCn1c(-c2cccnc2[C@H](C)OC)c2c3cc(ccc31)-c1cc(cc(C(F)F)c1)C[C@H](NC(=O)[C@H](C(C)C)N(C)C(=O)N1CCC3(CCN(C(=O)/C=C/CN(C)C)C3)CC1)C(=O)N1CCC[C@@H](C(=O)OCC(C)(C)C2)C2C3CC3N21. The number of hydrogen-bond acceptors (Lipinski definition) is 10. The van der Waals surface area contributed by atoms with E-state index in [1.54, 1.807) is 36.3 Å². The molecule has 4 saturated heterocycles. The number of methoxy groups -OCH3 is 1. The van der Waals surface area contributed by atoms with Crippen molar-refractivity contribution < 1.29 is 42.2 Å². The third kappa shape index (κ3) is 11.5. The molecule has 1 N–H and O–H groups in total. The molecule has 1 spiro atoms. The Balaban J connectivity index is 0.996. The van der Waals surface area contributed by atoms with Crippen LogP contribution in [0.4, 0.5) is 13.6 Å². The number of amides is 5. The van der Waals surface area contributed by atoms with Gasteiger partial charge in [0.25, 0.3) is 12.3 Å². The zero-order chi connectivity index (χ0) is 57.8. The van der Waals surface area contributed by atoms with Crippen molar-refractivity contribution in [2.75, 3.05) is 74.1 Å². The summed E-state index contributed by atoms with van der Waals surface area (Å²) >= 11 is 0. The minimum Gasteiger partial charge on any atom is -0.465 e. The average Bonchev–Trinajstić information content (AvgIpc) is 4.05. The van der Waals surface area contributed by atoms with Gasteiger partial charge in [-0.15, -0.1) is 0 Å². The highest BCUT2D eigenvalue weighted by atomic mass is 19.3. The van der Waals surface area contributed by atoms with E-state index < -0.39 is 41.7 Å². The van der Waals surface area contributed by atoms with Crippen molar-refractivity contribution in [3.05, 3.63) is 89.3 Å². The number of rotatable bonds is 12. The van der Waals surface area contributed by atoms with Gasteiger partial charge < -0.3 is 39.0 Å². The van der Waals surface area contributed by atoms with E-state index in [9.17, 15) is 14.4 Å². The Morgan fingerprint density at radius 3 is 2.40 bits per heavy atom. The molecule has 6 bridgehead atoms. The number of hydrazine groups is 1. The summed E-state index contributed by atoms with van der Waals surface area (Å²) in [6, 6.07) is 12.0. The number of cyclic esters (lactones) is 1. The van der Waals surface area contributed by atoms with E-state index in [0.29, 0.717) is 81.8 Å². The molecule has 5 aliphatic heterocycles. The standard InChI is InChI=1S/C63H83F2N9O7/c1-11-72-50-19-18-41-33-46(50)48(55(72)44-15-12-23-66-53(44)39(4)80-10)35-62(5,6)37-81-60(78)45-16-13-25-73(74-51-34-47(51)56(45)74)59(77)49(31-40-29-42(41)32-43(30-40)57(64)65)67-58(76)54(38(2)3)69(9)61(79)70-26-20-63(21-27-70)22-28-71(36-63)52(75)17-14-24-68(7)8/h12,14-15,17-19,23,29-30,32-33,38-39,45,47,49,51,54,56-57H,11,13,16,20-22,24-28,31,34-37H2,1-10H3,(H,67,76)/b17-14+/t39-,45+,47?,49-,51?,54-,56?/m0/s1. The molecule has 4 aromatic rings. The normalized spacial score (nSPS) is 24.4. The quantitative estimate of drug-likeness (QED) is 0.108. The van der Waals surface area contributed by atoms with Gasteiger partial charge in [0, 0.05) is 118 Å². The number of likely N-dealkylation sites (tertiary alicyclic amines) is 2. The maximum atomic E-state index is 15.6. The van der Waals surface area contributed by atoms with Crippen LogP contribution in [0, 0.1) is 28.6 Å². The van der Waals surface area contributed by atoms with Crippen LogP contribution >= 0.6 is 0 Å². The zero-order valence-corrected chi connectivity index (χ0v) is 49.1. The number of alkyl halides is 2. The third-order valence-electron chi connectivity index (χ3n) is 18.4. The molecule has 7 atom stereocenters. The van der Waals surface area contributed by atoms with E-state index in [0.717, 1.165) is 59.1 Å². The van der Waals surface area contributed by atoms with Crippen LogP contribution in [0.2, 0.25) is 0 Å². The number of pyridine rings is 1. The Bertz CT molecular complexity index is 3080. The van der Waals surface area contributed by atoms with Gasteiger partial charge >= 0.3 is 12.0 Å². The predicted molar refractivity (Wildman–Crippen MR) is 307 cm³/mol. The number of carbonyl (C=O) groups excluding carboxylic acids is 5. The second kappa shape index (κ2) is 23.2. The van der Waals surface area contributed by atoms with Crippen molar-refractivity contribution in [3.63, 3.8) is 0 Å². The predicted octanol–water partition coefficient (Wildman–Crippen LogP) is 8.92. The summed E-state index contributed by atoms with van der Waals surface area (Å²) in [5.41, 5.74) is 5.37. The molecule has 16 nitrogen and oxygen atoms in total. The Kier molecular flexibility index (Phi) is 16.6. The van der Waals surface area contributed by atoms with E-state index in [1.807, 2.05) is 80.0 Å². The summed E-state index contributed by atoms with van der Waals surface area (Å²) in [5, 5.41) is 7.78. The number of hydrogen-bond donors (Lipinski definition) is 1. The van der Waals surface area contributed by atoms with Crippen LogP contribution in [0.15, 0.2) is 66.9 Å². The highest BCUT2D eigenvalue weighted by Crippen LogP contribution is 2.57. The molecule has 18 heteroatoms. The topological polar surface area (TPSA) is 153 Å². The van der Waals surface area contributed by atoms with Crippen molar-refractivity contribution in [2.24, 2.45) is 28.6 Å². The molecule has 2 aromatic heterocycles. The van der Waals surface area contributed by atoms with Crippen LogP contribution in [0.1, 0.15) is 115 Å². The van der Waals surface area contributed by atoms with Crippen molar-refractivity contribution in [1.29, 1.82) is 0 Å². The van der Waals surface area contributed by atoms with Gasteiger partial charge in [-0.25, -0.2) is 18.6 Å². The Morgan fingerprint density at radius 2 is 1.70 bits per heavy atom. The van der Waals surface area contributed by atoms with Crippen molar-refractivity contribution in [1.82, 2.24) is 44.5 Å². The lowest BCUT2D eigenvalue weighted by Crippen LogP contribution is -2.66. The number of nitrogens with one attached hydrogen (secondary N) is 1. The highest BCUT2D eigenvalue weighted by molar-refractivity contribution is 5.96. The monoisotopic (exact) mass is 1120 g/mol. The molecule has 5 fully saturated rings. The van der Waals surface area contributed by atoms with Crippen LogP contribution in [-0.2, 0) is 48.0 Å². The molecule has 1 aliphatic carbocycles. The number of fused-ring (bicyclic) bond motifs is 5. The first-order valence-corrected chi connectivity index (χ1v) is 29.4. The van der Waals surface area contributed by atoms with E-state index in [-0.39, 0.29) is 71.9 Å². The largest absolute Gasteiger partial charge is 0.465 e. The number of aromatic nitrogens is 2. The maximum Gasteiger partial charge on any atom is 0.320 e. The first kappa shape index (κ1) is 58.0. The van der Waals surface area contributed by atoms with Gasteiger partial charge in [-0.05, 0) is 143 Å². The molecule has 81 heavy (non-hydrogen) atoms. The van der Waals surface area contributed by atoms with E-state index in [1.165, 1.54) is 17.0 Å². The lowest BCUT2D eigenvalue weighted by molar-refractivity contribution is -0.181. The summed E-state index contributed by atoms with van der Waals surface area (Å²) in [7, 11) is 7.20. The lowest BCUT2D eigenvalue weighted by Gasteiger charge is -2.48. The first-order chi connectivity index (χ1) is 38.6. The molecular weight excluding hydrogens is 1030 g/mol. The van der Waals surface area contributed by atoms with Gasteiger partial charge in [-0.2, -0.15) is 0 Å². The second-order valence-corrected chi connectivity index (χ2v) is 25.4.